The molecule has 0 unspecified atom stereocenters. The molecule has 1 radical (unpaired) electrons. The topological polar surface area (TPSA) is 489 Å². The van der Waals surface area contributed by atoms with E-state index in [1.807, 2.05) is 19.9 Å². The minimum Gasteiger partial charge on any atom is -0.543 e. The van der Waals surface area contributed by atoms with Crippen LogP contribution >= 0.6 is 0 Å². The van der Waals surface area contributed by atoms with Gasteiger partial charge >= 0.3 is 40.4 Å². The van der Waals surface area contributed by atoms with Crippen LogP contribution in [-0.2, 0) is 26.7 Å². The maximum atomic E-state index is 10.4. The van der Waals surface area contributed by atoms with Crippen molar-refractivity contribution < 1.29 is 108 Å². The monoisotopic (exact) mass is 757 g/mol. The van der Waals surface area contributed by atoms with Crippen LogP contribution < -0.4 is 32.7 Å². The van der Waals surface area contributed by atoms with E-state index in [4.69, 9.17) is 61.3 Å². The Hall–Kier alpha value is -4.64. The normalized spacial score (nSPS) is 15.1. The Morgan fingerprint density at radius 1 is 0.551 bits per heavy atom. The summed E-state index contributed by atoms with van der Waals surface area (Å²) in [6.45, 7) is -1.69. The van der Waals surface area contributed by atoms with Gasteiger partial charge < -0.3 is 91.0 Å². The van der Waals surface area contributed by atoms with Crippen LogP contribution in [0.1, 0.15) is 21.0 Å². The zero-order valence-electron chi connectivity index (χ0n) is 24.0. The molecule has 2 aromatic heterocycles. The first-order valence-corrected chi connectivity index (χ1v) is 12.2. The fraction of sp³-hybridized carbons (Fsp3) is 0.455. The number of aliphatic carboxylic acids is 2. The van der Waals surface area contributed by atoms with Crippen molar-refractivity contribution in [3.63, 3.8) is 0 Å². The number of carbonyl (C=O) groups is 4. The SMILES string of the molecule is O=C(O)[C@H](O)[C@@H](O)[C@H](O)[C@H](O)CO.O=C(O)[C@H](O)[C@@H](O)[C@H](O)[C@H](O)CO.O=C([O-])c1cc(=O)[nH]c(=O)[nH]1.O=C([O-])c1cc(=O)[nH]c(=O)[nH]1.[Mn+2]. The van der Waals surface area contributed by atoms with Crippen molar-refractivity contribution in [2.75, 3.05) is 13.2 Å². The smallest absolute Gasteiger partial charge is 0.543 e. The second-order valence-corrected chi connectivity index (χ2v) is 8.61. The van der Waals surface area contributed by atoms with E-state index < -0.39 is 120 Å². The number of aromatic nitrogens is 4. The largest absolute Gasteiger partial charge is 2.00 e. The van der Waals surface area contributed by atoms with Crippen LogP contribution in [0, 0.1) is 0 Å². The number of hydrogen-bond acceptors (Lipinski definition) is 20. The molecule has 16 N–H and O–H groups in total. The third-order valence-electron chi connectivity index (χ3n) is 4.98. The van der Waals surface area contributed by atoms with Crippen LogP contribution in [0.15, 0.2) is 31.3 Å². The molecule has 0 aliphatic rings. The van der Waals surface area contributed by atoms with Crippen molar-refractivity contribution in [2.45, 2.75) is 48.8 Å². The van der Waals surface area contributed by atoms with E-state index in [1.165, 1.54) is 0 Å². The number of aromatic amines is 4. The first kappa shape index (κ1) is 48.8. The summed E-state index contributed by atoms with van der Waals surface area (Å²) in [6.07, 6.45) is -15.7. The maximum absolute atomic E-state index is 10.4. The summed E-state index contributed by atoms with van der Waals surface area (Å²) in [5.74, 6) is -6.63. The molecule has 0 saturated carbocycles. The van der Waals surface area contributed by atoms with Crippen LogP contribution in [0.5, 0.6) is 0 Å². The molecule has 49 heavy (non-hydrogen) atoms. The molecule has 0 saturated heterocycles. The van der Waals surface area contributed by atoms with E-state index in [-0.39, 0.29) is 17.1 Å². The van der Waals surface area contributed by atoms with Gasteiger partial charge in [0.1, 0.15) is 36.6 Å². The molecule has 2 aromatic rings. The molecule has 26 nitrogen and oxygen atoms in total. The Kier molecular flexibility index (Phi) is 23.5. The van der Waals surface area contributed by atoms with Gasteiger partial charge in [0.05, 0.1) is 36.5 Å². The Labute approximate surface area is 279 Å². The van der Waals surface area contributed by atoms with Gasteiger partial charge in [-0.25, -0.2) is 19.2 Å². The fourth-order valence-corrected chi connectivity index (χ4v) is 2.49. The standard InChI is InChI=1S/2C6H12O7.2C5H4N2O4.Mn/c2*7-1-2(8)3(9)4(10)5(11)6(12)13;2*8-3-1-2(4(9)10)6-5(11)7-3;/h2*2-5,7-11H,1H2,(H,12,13);2*1H,(H,9,10)(H2,6,7,8,11);/q;;;;+2/p-2/t2*2-,3-,4+,5-;;;/m11.../s1. The van der Waals surface area contributed by atoms with Crippen molar-refractivity contribution in [1.29, 1.82) is 0 Å². The van der Waals surface area contributed by atoms with Crippen molar-refractivity contribution in [2.24, 2.45) is 0 Å². The Morgan fingerprint density at radius 3 is 1.00 bits per heavy atom. The summed E-state index contributed by atoms with van der Waals surface area (Å²) in [6, 6.07) is 1.47. The van der Waals surface area contributed by atoms with E-state index in [0.717, 1.165) is 12.1 Å². The molecule has 0 bridgehead atoms. The van der Waals surface area contributed by atoms with Gasteiger partial charge in [-0.3, -0.25) is 19.6 Å². The molecule has 8 atom stereocenters. The summed E-state index contributed by atoms with van der Waals surface area (Å²) < 4.78 is 0. The van der Waals surface area contributed by atoms with E-state index in [0.29, 0.717) is 0 Å². The van der Waals surface area contributed by atoms with Gasteiger partial charge in [-0.15, -0.1) is 0 Å². The fourth-order valence-electron chi connectivity index (χ4n) is 2.49. The molecule has 2 rings (SSSR count). The zero-order chi connectivity index (χ0) is 38.0. The van der Waals surface area contributed by atoms with Gasteiger partial charge in [0.15, 0.2) is 12.2 Å². The zero-order valence-corrected chi connectivity index (χ0v) is 25.2. The molecular formula is C22H30MnN4O22. The summed E-state index contributed by atoms with van der Waals surface area (Å²) in [7, 11) is 0. The number of aliphatic hydroxyl groups excluding tert-OH is 10. The number of carboxylic acids is 4. The van der Waals surface area contributed by atoms with Crippen LogP contribution in [-0.4, -0.2) is 167 Å². The Balaban J connectivity index is -0.000000573. The predicted octanol–water partition coefficient (Wildman–Crippen LogP) is -12.1. The molecule has 27 heteroatoms. The minimum atomic E-state index is -2.20. The molecule has 0 fully saturated rings. The van der Waals surface area contributed by atoms with E-state index in [2.05, 4.69) is 0 Å². The first-order chi connectivity index (χ1) is 22.0. The van der Waals surface area contributed by atoms with Crippen molar-refractivity contribution in [3.05, 3.63) is 65.2 Å². The van der Waals surface area contributed by atoms with Crippen LogP contribution in [0.2, 0.25) is 0 Å². The number of rotatable bonds is 12. The average molecular weight is 757 g/mol. The average Bonchev–Trinajstić information content (AvgIpc) is 3.01. The molecule has 2 heterocycles. The Bertz CT molecular complexity index is 1400. The summed E-state index contributed by atoms with van der Waals surface area (Å²) in [4.78, 5) is 89.4. The molecule has 0 aliphatic heterocycles. The van der Waals surface area contributed by atoms with Gasteiger partial charge in [-0.05, 0) is 0 Å². The van der Waals surface area contributed by atoms with Crippen LogP contribution in [0.4, 0.5) is 0 Å². The molecule has 0 spiro atoms. The number of carbonyl (C=O) groups excluding carboxylic acids is 2. The van der Waals surface area contributed by atoms with Crippen molar-refractivity contribution in [1.82, 2.24) is 19.9 Å². The first-order valence-electron chi connectivity index (χ1n) is 12.2. The quantitative estimate of drug-likeness (QED) is 0.0894. The number of hydrogen-bond donors (Lipinski definition) is 16. The van der Waals surface area contributed by atoms with Gasteiger partial charge in [0.25, 0.3) is 11.1 Å². The third-order valence-corrected chi connectivity index (χ3v) is 4.98. The molecule has 0 aliphatic carbocycles. The van der Waals surface area contributed by atoms with E-state index >= 15 is 0 Å². The number of aliphatic hydroxyl groups is 10. The van der Waals surface area contributed by atoms with Crippen molar-refractivity contribution in [3.8, 4) is 0 Å². The molecule has 0 aromatic carbocycles. The van der Waals surface area contributed by atoms with E-state index in [9.17, 15) is 48.6 Å². The number of carboxylic acid groups (broad SMARTS) is 4. The predicted molar refractivity (Wildman–Crippen MR) is 142 cm³/mol. The number of nitrogens with one attached hydrogen (secondary N) is 4. The van der Waals surface area contributed by atoms with Crippen LogP contribution in [0.3, 0.4) is 0 Å². The summed E-state index contributed by atoms with van der Waals surface area (Å²) in [5.41, 5.74) is -4.33. The van der Waals surface area contributed by atoms with Gasteiger partial charge in [0, 0.05) is 12.1 Å². The van der Waals surface area contributed by atoms with Gasteiger partial charge in [-0.2, -0.15) is 0 Å². The molecular weight excluding hydrogens is 727 g/mol. The Morgan fingerprint density at radius 2 is 0.816 bits per heavy atom. The maximum Gasteiger partial charge on any atom is 2.00 e. The molecule has 277 valence electrons. The van der Waals surface area contributed by atoms with Gasteiger partial charge in [-0.1, -0.05) is 0 Å². The number of aromatic carboxylic acids is 2. The third kappa shape index (κ3) is 18.5. The second kappa shape index (κ2) is 23.6. The molecule has 0 amide bonds. The minimum absolute atomic E-state index is 0. The van der Waals surface area contributed by atoms with Crippen LogP contribution in [0.25, 0.3) is 0 Å². The second-order valence-electron chi connectivity index (χ2n) is 8.61. The van der Waals surface area contributed by atoms with Crippen molar-refractivity contribution >= 4 is 23.9 Å². The number of H-pyrrole nitrogens is 4. The summed E-state index contributed by atoms with van der Waals surface area (Å²) in [5, 5.41) is 124. The van der Waals surface area contributed by atoms with E-state index in [1.54, 1.807) is 0 Å². The van der Waals surface area contributed by atoms with Gasteiger partial charge in [0.2, 0.25) is 0 Å². The summed E-state index contributed by atoms with van der Waals surface area (Å²) >= 11 is 0.